The Labute approximate surface area is 164 Å². The van der Waals surface area contributed by atoms with Crippen molar-refractivity contribution in [1.29, 1.82) is 0 Å². The zero-order valence-corrected chi connectivity index (χ0v) is 15.9. The molecule has 28 heavy (non-hydrogen) atoms. The summed E-state index contributed by atoms with van der Waals surface area (Å²) in [6, 6.07) is 19.4. The van der Waals surface area contributed by atoms with E-state index in [1.54, 1.807) is 0 Å². The zero-order valence-electron chi connectivity index (χ0n) is 15.9. The molecule has 1 unspecified atom stereocenters. The summed E-state index contributed by atoms with van der Waals surface area (Å²) in [5.74, 6) is 1.03. The molecule has 5 rings (SSSR count). The molecule has 2 aromatic heterocycles. The Morgan fingerprint density at radius 3 is 2.68 bits per heavy atom. The standard InChI is InChI=1S/C23H23N5/c1-27-14-12-24-23(27)22-21-20(25-16-26-21)11-13-28(22)15-18-9-5-6-10-19(18)17-7-3-2-4-8-17/h2-10,12,14,16,22H,11,13,15H2,1H3,(H,25,26). The predicted octanol–water partition coefficient (Wildman–Crippen LogP) is 3.96. The van der Waals surface area contributed by atoms with Crippen LogP contribution in [0.15, 0.2) is 73.3 Å². The Kier molecular flexibility index (Phi) is 4.29. The van der Waals surface area contributed by atoms with E-state index in [0.717, 1.165) is 31.0 Å². The van der Waals surface area contributed by atoms with E-state index in [0.29, 0.717) is 0 Å². The highest BCUT2D eigenvalue weighted by atomic mass is 15.2. The van der Waals surface area contributed by atoms with Crippen LogP contribution in [0.25, 0.3) is 11.1 Å². The first-order chi connectivity index (χ1) is 13.8. The molecule has 4 aromatic rings. The van der Waals surface area contributed by atoms with Crippen molar-refractivity contribution in [2.45, 2.75) is 19.0 Å². The van der Waals surface area contributed by atoms with Gasteiger partial charge >= 0.3 is 0 Å². The van der Waals surface area contributed by atoms with Crippen molar-refractivity contribution in [2.24, 2.45) is 7.05 Å². The molecule has 5 nitrogen and oxygen atoms in total. The Balaban J connectivity index is 1.54. The number of fused-ring (bicyclic) bond motifs is 1. The molecule has 0 saturated carbocycles. The highest BCUT2D eigenvalue weighted by molar-refractivity contribution is 5.67. The van der Waals surface area contributed by atoms with Crippen LogP contribution in [-0.2, 0) is 20.0 Å². The third-order valence-corrected chi connectivity index (χ3v) is 5.60. The van der Waals surface area contributed by atoms with Crippen molar-refractivity contribution in [3.8, 4) is 11.1 Å². The number of H-pyrrole nitrogens is 1. The number of benzene rings is 2. The first-order valence-corrected chi connectivity index (χ1v) is 9.68. The van der Waals surface area contributed by atoms with Gasteiger partial charge in [0.15, 0.2) is 0 Å². The summed E-state index contributed by atoms with van der Waals surface area (Å²) in [6.07, 6.45) is 6.66. The van der Waals surface area contributed by atoms with Gasteiger partial charge in [-0.1, -0.05) is 54.6 Å². The monoisotopic (exact) mass is 369 g/mol. The fourth-order valence-electron chi connectivity index (χ4n) is 4.20. The van der Waals surface area contributed by atoms with E-state index in [-0.39, 0.29) is 6.04 Å². The first-order valence-electron chi connectivity index (χ1n) is 9.68. The third-order valence-electron chi connectivity index (χ3n) is 5.60. The summed E-state index contributed by atoms with van der Waals surface area (Å²) < 4.78 is 2.10. The fourth-order valence-corrected chi connectivity index (χ4v) is 4.20. The van der Waals surface area contributed by atoms with E-state index in [1.165, 1.54) is 22.4 Å². The average Bonchev–Trinajstić information content (AvgIpc) is 3.38. The maximum Gasteiger partial charge on any atom is 0.132 e. The summed E-state index contributed by atoms with van der Waals surface area (Å²) in [6.45, 7) is 1.82. The van der Waals surface area contributed by atoms with Crippen molar-refractivity contribution in [3.05, 3.63) is 96.1 Å². The molecule has 1 atom stereocenters. The van der Waals surface area contributed by atoms with Crippen molar-refractivity contribution >= 4 is 0 Å². The van der Waals surface area contributed by atoms with Gasteiger partial charge in [0.1, 0.15) is 11.9 Å². The van der Waals surface area contributed by atoms with E-state index < -0.39 is 0 Å². The van der Waals surface area contributed by atoms with Gasteiger partial charge in [0, 0.05) is 44.6 Å². The van der Waals surface area contributed by atoms with Gasteiger partial charge in [-0.2, -0.15) is 0 Å². The second-order valence-electron chi connectivity index (χ2n) is 7.31. The quantitative estimate of drug-likeness (QED) is 0.592. The van der Waals surface area contributed by atoms with Gasteiger partial charge in [0.05, 0.1) is 12.0 Å². The molecule has 140 valence electrons. The van der Waals surface area contributed by atoms with Gasteiger partial charge in [-0.3, -0.25) is 4.90 Å². The molecule has 5 heteroatoms. The summed E-state index contributed by atoms with van der Waals surface area (Å²) >= 11 is 0. The number of aromatic amines is 1. The van der Waals surface area contributed by atoms with Crippen LogP contribution >= 0.6 is 0 Å². The Morgan fingerprint density at radius 2 is 1.86 bits per heavy atom. The number of hydrogen-bond acceptors (Lipinski definition) is 3. The van der Waals surface area contributed by atoms with Crippen molar-refractivity contribution in [2.75, 3.05) is 6.54 Å². The minimum atomic E-state index is 0.0545. The van der Waals surface area contributed by atoms with Crippen molar-refractivity contribution in [1.82, 2.24) is 24.4 Å². The molecule has 0 spiro atoms. The minimum Gasteiger partial charge on any atom is -0.348 e. The largest absolute Gasteiger partial charge is 0.348 e. The van der Waals surface area contributed by atoms with Gasteiger partial charge in [-0.15, -0.1) is 0 Å². The lowest BCUT2D eigenvalue weighted by Crippen LogP contribution is -2.37. The molecule has 1 N–H and O–H groups in total. The lowest BCUT2D eigenvalue weighted by atomic mass is 9.96. The molecule has 0 amide bonds. The normalized spacial score (nSPS) is 16.8. The number of aryl methyl sites for hydroxylation is 1. The van der Waals surface area contributed by atoms with Gasteiger partial charge in [-0.05, 0) is 16.7 Å². The van der Waals surface area contributed by atoms with Gasteiger partial charge in [-0.25, -0.2) is 9.97 Å². The van der Waals surface area contributed by atoms with E-state index in [1.807, 2.05) is 18.7 Å². The van der Waals surface area contributed by atoms with Crippen LogP contribution in [0.1, 0.15) is 28.8 Å². The maximum absolute atomic E-state index is 4.66. The number of aromatic nitrogens is 4. The number of rotatable bonds is 4. The second kappa shape index (κ2) is 7.09. The highest BCUT2D eigenvalue weighted by Crippen LogP contribution is 2.35. The van der Waals surface area contributed by atoms with E-state index >= 15 is 0 Å². The molecule has 0 fully saturated rings. The van der Waals surface area contributed by atoms with Crippen LogP contribution < -0.4 is 0 Å². The summed E-state index contributed by atoms with van der Waals surface area (Å²) in [5.41, 5.74) is 6.18. The maximum atomic E-state index is 4.66. The Bertz CT molecular complexity index is 1080. The summed E-state index contributed by atoms with van der Waals surface area (Å²) in [4.78, 5) is 15.1. The predicted molar refractivity (Wildman–Crippen MR) is 110 cm³/mol. The van der Waals surface area contributed by atoms with Crippen LogP contribution in [0.3, 0.4) is 0 Å². The fraction of sp³-hybridized carbons (Fsp3) is 0.217. The van der Waals surface area contributed by atoms with E-state index in [4.69, 9.17) is 0 Å². The topological polar surface area (TPSA) is 49.7 Å². The number of imidazole rings is 2. The molecule has 3 heterocycles. The van der Waals surface area contributed by atoms with E-state index in [2.05, 4.69) is 86.1 Å². The average molecular weight is 369 g/mol. The number of nitrogens with one attached hydrogen (secondary N) is 1. The van der Waals surface area contributed by atoms with Crippen LogP contribution in [0.5, 0.6) is 0 Å². The molecule has 2 aromatic carbocycles. The Morgan fingerprint density at radius 1 is 1.04 bits per heavy atom. The smallest absolute Gasteiger partial charge is 0.132 e. The van der Waals surface area contributed by atoms with Crippen molar-refractivity contribution < 1.29 is 0 Å². The molecule has 0 bridgehead atoms. The van der Waals surface area contributed by atoms with Crippen LogP contribution in [0.2, 0.25) is 0 Å². The second-order valence-corrected chi connectivity index (χ2v) is 7.31. The molecule has 0 saturated heterocycles. The molecule has 1 aliphatic rings. The van der Waals surface area contributed by atoms with Gasteiger partial charge < -0.3 is 9.55 Å². The van der Waals surface area contributed by atoms with E-state index in [9.17, 15) is 0 Å². The molecule has 0 radical (unpaired) electrons. The molecule has 1 aliphatic heterocycles. The summed E-state index contributed by atoms with van der Waals surface area (Å²) in [5, 5.41) is 0. The van der Waals surface area contributed by atoms with Crippen LogP contribution in [0, 0.1) is 0 Å². The SMILES string of the molecule is Cn1ccnc1C1c2nc[nH]c2CCN1Cc1ccccc1-c1ccccc1. The Hall–Kier alpha value is -3.18. The number of nitrogens with zero attached hydrogens (tertiary/aromatic N) is 4. The van der Waals surface area contributed by atoms with Gasteiger partial charge in [0.25, 0.3) is 0 Å². The third kappa shape index (κ3) is 2.94. The first kappa shape index (κ1) is 17.0. The van der Waals surface area contributed by atoms with Crippen LogP contribution in [-0.4, -0.2) is 31.0 Å². The van der Waals surface area contributed by atoms with Crippen LogP contribution in [0.4, 0.5) is 0 Å². The lowest BCUT2D eigenvalue weighted by molar-refractivity contribution is 0.191. The highest BCUT2D eigenvalue weighted by Gasteiger charge is 2.33. The van der Waals surface area contributed by atoms with Gasteiger partial charge in [0.2, 0.25) is 0 Å². The lowest BCUT2D eigenvalue weighted by Gasteiger charge is -2.35. The zero-order chi connectivity index (χ0) is 18.9. The van der Waals surface area contributed by atoms with Crippen molar-refractivity contribution in [3.63, 3.8) is 0 Å². The molecular formula is C23H23N5. The summed E-state index contributed by atoms with van der Waals surface area (Å²) in [7, 11) is 2.05. The molecular weight excluding hydrogens is 346 g/mol. The molecule has 0 aliphatic carbocycles. The minimum absolute atomic E-state index is 0.0545. The number of hydrogen-bond donors (Lipinski definition) is 1.